The molecule has 1 aliphatic rings. The van der Waals surface area contributed by atoms with Crippen molar-refractivity contribution in [3.05, 3.63) is 48.5 Å². The summed E-state index contributed by atoms with van der Waals surface area (Å²) in [6.45, 7) is 1.40. The molecule has 2 aromatic rings. The minimum Gasteiger partial charge on any atom is -0.338 e. The van der Waals surface area contributed by atoms with Crippen molar-refractivity contribution in [2.75, 3.05) is 24.1 Å². The largest absolute Gasteiger partial charge is 0.338 e. The Bertz CT molecular complexity index is 792. The van der Waals surface area contributed by atoms with E-state index in [1.165, 1.54) is 0 Å². The number of anilines is 1. The van der Waals surface area contributed by atoms with E-state index in [1.807, 2.05) is 17.4 Å². The SMILES string of the molecule is CS(=O)(=O)Nc1ccc(C(=O)N2CCC(n3ccnc3)CC2)cc1. The van der Waals surface area contributed by atoms with E-state index in [0.717, 1.165) is 19.1 Å². The Hall–Kier alpha value is -2.35. The summed E-state index contributed by atoms with van der Waals surface area (Å²) < 4.78 is 26.9. The molecule has 24 heavy (non-hydrogen) atoms. The Morgan fingerprint density at radius 3 is 2.42 bits per heavy atom. The predicted octanol–water partition coefficient (Wildman–Crippen LogP) is 1.73. The third-order valence-corrected chi connectivity index (χ3v) is 4.74. The summed E-state index contributed by atoms with van der Waals surface area (Å²) in [4.78, 5) is 18.5. The van der Waals surface area contributed by atoms with E-state index < -0.39 is 10.0 Å². The Kier molecular flexibility index (Phi) is 4.57. The number of carbonyl (C=O) groups excluding carboxylic acids is 1. The highest BCUT2D eigenvalue weighted by Crippen LogP contribution is 2.23. The molecule has 1 aliphatic heterocycles. The van der Waals surface area contributed by atoms with Crippen LogP contribution in [0.4, 0.5) is 5.69 Å². The molecule has 0 bridgehead atoms. The summed E-state index contributed by atoms with van der Waals surface area (Å²) in [6.07, 6.45) is 8.43. The molecule has 1 saturated heterocycles. The van der Waals surface area contributed by atoms with Gasteiger partial charge in [0.05, 0.1) is 12.6 Å². The molecule has 8 heteroatoms. The number of hydrogen-bond acceptors (Lipinski definition) is 4. The molecule has 1 aromatic carbocycles. The second kappa shape index (κ2) is 6.64. The maximum atomic E-state index is 12.6. The summed E-state index contributed by atoms with van der Waals surface area (Å²) in [5, 5.41) is 0. The van der Waals surface area contributed by atoms with Crippen LogP contribution in [0.25, 0.3) is 0 Å². The number of rotatable bonds is 4. The van der Waals surface area contributed by atoms with Crippen LogP contribution in [0.5, 0.6) is 0 Å². The van der Waals surface area contributed by atoms with Gasteiger partial charge in [-0.05, 0) is 37.1 Å². The van der Waals surface area contributed by atoms with E-state index in [4.69, 9.17) is 0 Å². The van der Waals surface area contributed by atoms with Gasteiger partial charge in [-0.15, -0.1) is 0 Å². The van der Waals surface area contributed by atoms with Crippen LogP contribution in [0.3, 0.4) is 0 Å². The zero-order valence-corrected chi connectivity index (χ0v) is 14.2. The first-order valence-electron chi connectivity index (χ1n) is 7.77. The summed E-state index contributed by atoms with van der Waals surface area (Å²) in [5.74, 6) is -0.0232. The lowest BCUT2D eigenvalue weighted by atomic mass is 10.0. The van der Waals surface area contributed by atoms with Crippen molar-refractivity contribution in [1.29, 1.82) is 0 Å². The molecule has 1 N–H and O–H groups in total. The summed E-state index contributed by atoms with van der Waals surface area (Å²) >= 11 is 0. The molecule has 0 atom stereocenters. The second-order valence-corrected chi connectivity index (χ2v) is 7.73. The van der Waals surface area contributed by atoms with Crippen molar-refractivity contribution in [3.8, 4) is 0 Å². The maximum Gasteiger partial charge on any atom is 0.253 e. The van der Waals surface area contributed by atoms with Gasteiger partial charge < -0.3 is 9.47 Å². The van der Waals surface area contributed by atoms with Crippen molar-refractivity contribution in [1.82, 2.24) is 14.5 Å². The Morgan fingerprint density at radius 2 is 1.88 bits per heavy atom. The highest BCUT2D eigenvalue weighted by Gasteiger charge is 2.24. The molecule has 0 radical (unpaired) electrons. The minimum absolute atomic E-state index is 0.0232. The smallest absolute Gasteiger partial charge is 0.253 e. The Labute approximate surface area is 141 Å². The number of likely N-dealkylation sites (tertiary alicyclic amines) is 1. The number of piperidine rings is 1. The van der Waals surface area contributed by atoms with E-state index in [-0.39, 0.29) is 5.91 Å². The molecule has 0 aliphatic carbocycles. The molecule has 1 fully saturated rings. The van der Waals surface area contributed by atoms with Gasteiger partial charge in [0.2, 0.25) is 10.0 Å². The summed E-state index contributed by atoms with van der Waals surface area (Å²) in [7, 11) is -3.31. The number of carbonyl (C=O) groups is 1. The number of nitrogens with one attached hydrogen (secondary N) is 1. The van der Waals surface area contributed by atoms with Crippen molar-refractivity contribution < 1.29 is 13.2 Å². The number of nitrogens with zero attached hydrogens (tertiary/aromatic N) is 3. The fraction of sp³-hybridized carbons (Fsp3) is 0.375. The minimum atomic E-state index is -3.31. The third kappa shape index (κ3) is 3.94. The molecule has 0 unspecified atom stereocenters. The number of imidazole rings is 1. The number of sulfonamides is 1. The predicted molar refractivity (Wildman–Crippen MR) is 91.3 cm³/mol. The lowest BCUT2D eigenvalue weighted by Crippen LogP contribution is -2.38. The first-order chi connectivity index (χ1) is 11.4. The van der Waals surface area contributed by atoms with Crippen LogP contribution in [0.2, 0.25) is 0 Å². The van der Waals surface area contributed by atoms with Crippen LogP contribution >= 0.6 is 0 Å². The zero-order valence-electron chi connectivity index (χ0n) is 13.4. The molecule has 128 valence electrons. The van der Waals surface area contributed by atoms with Crippen molar-refractivity contribution >= 4 is 21.6 Å². The van der Waals surface area contributed by atoms with E-state index in [2.05, 4.69) is 14.3 Å². The van der Waals surface area contributed by atoms with Gasteiger partial charge in [-0.1, -0.05) is 0 Å². The number of hydrogen-bond donors (Lipinski definition) is 1. The second-order valence-electron chi connectivity index (χ2n) is 5.98. The first-order valence-corrected chi connectivity index (χ1v) is 9.66. The average molecular weight is 348 g/mol. The lowest BCUT2D eigenvalue weighted by molar-refractivity contribution is 0.0694. The quantitative estimate of drug-likeness (QED) is 0.912. The van der Waals surface area contributed by atoms with Crippen LogP contribution < -0.4 is 4.72 Å². The zero-order chi connectivity index (χ0) is 17.2. The average Bonchev–Trinajstić information content (AvgIpc) is 3.08. The van der Waals surface area contributed by atoms with E-state index >= 15 is 0 Å². The summed E-state index contributed by atoms with van der Waals surface area (Å²) in [5.41, 5.74) is 1.02. The monoisotopic (exact) mass is 348 g/mol. The van der Waals surface area contributed by atoms with Crippen LogP contribution in [0.1, 0.15) is 29.2 Å². The van der Waals surface area contributed by atoms with Gasteiger partial charge in [0, 0.05) is 42.8 Å². The van der Waals surface area contributed by atoms with Gasteiger partial charge in [0.15, 0.2) is 0 Å². The molecule has 1 aromatic heterocycles. The van der Waals surface area contributed by atoms with Crippen molar-refractivity contribution in [3.63, 3.8) is 0 Å². The first kappa shape index (κ1) is 16.5. The van der Waals surface area contributed by atoms with Crippen LogP contribution in [-0.4, -0.2) is 48.1 Å². The fourth-order valence-corrected chi connectivity index (χ4v) is 3.49. The van der Waals surface area contributed by atoms with E-state index in [9.17, 15) is 13.2 Å². The number of aromatic nitrogens is 2. The number of benzene rings is 1. The van der Waals surface area contributed by atoms with Gasteiger partial charge in [-0.25, -0.2) is 13.4 Å². The molecular formula is C16H20N4O3S. The number of amides is 1. The van der Waals surface area contributed by atoms with Crippen LogP contribution in [-0.2, 0) is 10.0 Å². The molecule has 7 nitrogen and oxygen atoms in total. The van der Waals surface area contributed by atoms with Gasteiger partial charge >= 0.3 is 0 Å². The van der Waals surface area contributed by atoms with Crippen LogP contribution in [0, 0.1) is 0 Å². The Morgan fingerprint density at radius 1 is 1.21 bits per heavy atom. The highest BCUT2D eigenvalue weighted by atomic mass is 32.2. The topological polar surface area (TPSA) is 84.3 Å². The third-order valence-electron chi connectivity index (χ3n) is 4.13. The van der Waals surface area contributed by atoms with Gasteiger partial charge in [-0.2, -0.15) is 0 Å². The molecular weight excluding hydrogens is 328 g/mol. The summed E-state index contributed by atoms with van der Waals surface area (Å²) in [6, 6.07) is 6.90. The van der Waals surface area contributed by atoms with Crippen molar-refractivity contribution in [2.24, 2.45) is 0 Å². The molecule has 0 saturated carbocycles. The van der Waals surface area contributed by atoms with Gasteiger partial charge in [0.1, 0.15) is 0 Å². The fourth-order valence-electron chi connectivity index (χ4n) is 2.93. The maximum absolute atomic E-state index is 12.6. The van der Waals surface area contributed by atoms with E-state index in [1.54, 1.807) is 30.5 Å². The van der Waals surface area contributed by atoms with E-state index in [0.29, 0.717) is 30.4 Å². The lowest BCUT2D eigenvalue weighted by Gasteiger charge is -2.32. The van der Waals surface area contributed by atoms with Crippen LogP contribution in [0.15, 0.2) is 43.0 Å². The standard InChI is InChI=1S/C16H20N4O3S/c1-24(22,23)18-14-4-2-13(3-5-14)16(21)19-9-6-15(7-10-19)20-11-8-17-12-20/h2-5,8,11-12,15,18H,6-7,9-10H2,1H3. The van der Waals surface area contributed by atoms with Crippen molar-refractivity contribution in [2.45, 2.75) is 18.9 Å². The molecule has 3 rings (SSSR count). The van der Waals surface area contributed by atoms with Gasteiger partial charge in [-0.3, -0.25) is 9.52 Å². The Balaban J connectivity index is 1.61. The molecule has 1 amide bonds. The highest BCUT2D eigenvalue weighted by molar-refractivity contribution is 7.92. The normalized spacial score (nSPS) is 16.1. The molecule has 2 heterocycles. The van der Waals surface area contributed by atoms with Gasteiger partial charge in [0.25, 0.3) is 5.91 Å². The molecule has 0 spiro atoms.